The molecule has 0 radical (unpaired) electrons. The molecule has 4 heterocycles. The van der Waals surface area contributed by atoms with Gasteiger partial charge in [0.2, 0.25) is 0 Å². The first-order chi connectivity index (χ1) is 23.2. The van der Waals surface area contributed by atoms with Crippen LogP contribution in [-0.4, -0.2) is 49.3 Å². The molecule has 1 atom stereocenters. The third-order valence-corrected chi connectivity index (χ3v) is 11.9. The van der Waals surface area contributed by atoms with E-state index in [1.807, 2.05) is 64.4 Å². The maximum atomic E-state index is 12.9. The zero-order valence-electron chi connectivity index (χ0n) is 27.5. The van der Waals surface area contributed by atoms with E-state index in [0.717, 1.165) is 103 Å². The number of halogens is 1. The summed E-state index contributed by atoms with van der Waals surface area (Å²) in [7, 11) is 3.86. The second kappa shape index (κ2) is 13.7. The number of nitrogens with zero attached hydrogens (tertiary/aromatic N) is 4. The van der Waals surface area contributed by atoms with Crippen molar-refractivity contribution in [2.45, 2.75) is 54.9 Å². The number of hydrogen-bond acceptors (Lipinski definition) is 7. The molecule has 1 saturated heterocycles. The van der Waals surface area contributed by atoms with Crippen LogP contribution in [0.3, 0.4) is 0 Å². The molecule has 0 aliphatic carbocycles. The van der Waals surface area contributed by atoms with Crippen LogP contribution < -0.4 is 10.6 Å². The van der Waals surface area contributed by atoms with E-state index in [-0.39, 0.29) is 11.6 Å². The Morgan fingerprint density at radius 2 is 1.92 bits per heavy atom. The number of aromatic nitrogens is 3. The number of fused-ring (bicyclic) bond motifs is 6. The van der Waals surface area contributed by atoms with E-state index >= 15 is 0 Å². The number of rotatable bonds is 1. The van der Waals surface area contributed by atoms with E-state index in [1.165, 1.54) is 5.69 Å². The monoisotopic (exact) mass is 701 g/mol. The molecule has 7 rings (SSSR count). The maximum Gasteiger partial charge on any atom is 0.352 e. The summed E-state index contributed by atoms with van der Waals surface area (Å²) in [6.45, 7) is 3.31. The van der Waals surface area contributed by atoms with Crippen LogP contribution >= 0.6 is 35.1 Å². The average molecular weight is 702 g/mol. The van der Waals surface area contributed by atoms with Gasteiger partial charge in [0.1, 0.15) is 11.4 Å². The van der Waals surface area contributed by atoms with Gasteiger partial charge in [-0.2, -0.15) is 16.9 Å². The molecule has 2 aromatic heterocycles. The molecule has 1 fully saturated rings. The van der Waals surface area contributed by atoms with Crippen molar-refractivity contribution in [3.63, 3.8) is 0 Å². The Morgan fingerprint density at radius 1 is 1.08 bits per heavy atom. The molecule has 2 aliphatic rings. The minimum atomic E-state index is -0.954. The zero-order valence-corrected chi connectivity index (χ0v) is 29.9. The van der Waals surface area contributed by atoms with Gasteiger partial charge in [-0.15, -0.1) is 11.8 Å². The number of benzene rings is 3. The molecule has 0 unspecified atom stereocenters. The van der Waals surface area contributed by atoms with E-state index in [1.54, 1.807) is 11.8 Å². The van der Waals surface area contributed by atoms with Gasteiger partial charge in [-0.3, -0.25) is 4.68 Å². The van der Waals surface area contributed by atoms with Crippen LogP contribution in [0.1, 0.15) is 71.5 Å². The molecular weight excluding hydrogens is 662 g/mol. The highest BCUT2D eigenvalue weighted by Crippen LogP contribution is 2.43. The van der Waals surface area contributed by atoms with E-state index in [4.69, 9.17) is 27.3 Å². The molecular formula is C37H40ClN5O3S2. The summed E-state index contributed by atoms with van der Waals surface area (Å²) in [6.07, 6.45) is 3.22. The van der Waals surface area contributed by atoms with Gasteiger partial charge in [0.25, 0.3) is 0 Å². The summed E-state index contributed by atoms with van der Waals surface area (Å²) in [5.41, 5.74) is 7.21. The van der Waals surface area contributed by atoms with Crippen molar-refractivity contribution in [1.82, 2.24) is 19.4 Å². The van der Waals surface area contributed by atoms with Gasteiger partial charge in [0.05, 0.1) is 22.8 Å². The van der Waals surface area contributed by atoms with Gasteiger partial charge >= 0.3 is 5.97 Å². The number of aryl methyl sites for hydroxylation is 2. The number of carbonyl (C=O) groups is 1. The third-order valence-electron chi connectivity index (χ3n) is 9.61. The SMILES string of the molecule is C[C@@H]1CCOc2cc(cc3ccccc23)SCc2cc(nn2C)CSCC/C(=C2/CCCN2N)c2c(Cl)ccc3c1c(C(=O)O)n(C)c23. The Labute approximate surface area is 294 Å². The first-order valence-electron chi connectivity index (χ1n) is 16.4. The molecule has 0 saturated carbocycles. The average Bonchev–Trinajstić information content (AvgIpc) is 3.74. The smallest absolute Gasteiger partial charge is 0.352 e. The van der Waals surface area contributed by atoms with Gasteiger partial charge in [0.15, 0.2) is 0 Å². The van der Waals surface area contributed by atoms with Gasteiger partial charge < -0.3 is 19.4 Å². The van der Waals surface area contributed by atoms with Crippen LogP contribution in [-0.2, 0) is 25.6 Å². The summed E-state index contributed by atoms with van der Waals surface area (Å²) in [5, 5.41) is 21.0. The van der Waals surface area contributed by atoms with Crippen LogP contribution in [0.5, 0.6) is 5.75 Å². The normalized spacial score (nSPS) is 19.5. The highest BCUT2D eigenvalue weighted by Gasteiger charge is 2.30. The summed E-state index contributed by atoms with van der Waals surface area (Å²) in [4.78, 5) is 14.0. The zero-order chi connectivity index (χ0) is 33.5. The van der Waals surface area contributed by atoms with Gasteiger partial charge in [-0.1, -0.05) is 48.9 Å². The van der Waals surface area contributed by atoms with Crippen LogP contribution in [0.15, 0.2) is 65.2 Å². The van der Waals surface area contributed by atoms with Crippen molar-refractivity contribution in [1.29, 1.82) is 0 Å². The minimum absolute atomic E-state index is 0.0882. The van der Waals surface area contributed by atoms with Crippen LogP contribution in [0.2, 0.25) is 5.02 Å². The predicted molar refractivity (Wildman–Crippen MR) is 198 cm³/mol. The molecule has 0 spiro atoms. The van der Waals surface area contributed by atoms with Crippen molar-refractivity contribution < 1.29 is 14.6 Å². The van der Waals surface area contributed by atoms with Crippen LogP contribution in [0, 0.1) is 0 Å². The lowest BCUT2D eigenvalue weighted by Gasteiger charge is -2.21. The highest BCUT2D eigenvalue weighted by atomic mass is 35.5. The second-order valence-electron chi connectivity index (χ2n) is 12.7. The van der Waals surface area contributed by atoms with E-state index in [0.29, 0.717) is 18.1 Å². The van der Waals surface area contributed by atoms with Crippen molar-refractivity contribution in [3.8, 4) is 5.75 Å². The van der Waals surface area contributed by atoms with Crippen molar-refractivity contribution in [2.24, 2.45) is 19.9 Å². The molecule has 11 heteroatoms. The van der Waals surface area contributed by atoms with E-state index in [9.17, 15) is 9.90 Å². The summed E-state index contributed by atoms with van der Waals surface area (Å²) in [6, 6.07) is 18.7. The number of hydrogen-bond donors (Lipinski definition) is 2. The lowest BCUT2D eigenvalue weighted by molar-refractivity contribution is 0.0685. The minimum Gasteiger partial charge on any atom is -0.493 e. The summed E-state index contributed by atoms with van der Waals surface area (Å²) in [5.74, 6) is 8.77. The van der Waals surface area contributed by atoms with Gasteiger partial charge in [0, 0.05) is 64.8 Å². The lowest BCUT2D eigenvalue weighted by atomic mass is 9.92. The molecule has 48 heavy (non-hydrogen) atoms. The number of carboxylic acids is 1. The maximum absolute atomic E-state index is 12.9. The topological polar surface area (TPSA) is 98.5 Å². The quantitative estimate of drug-likeness (QED) is 0.168. The number of aromatic carboxylic acids is 1. The summed E-state index contributed by atoms with van der Waals surface area (Å²) >= 11 is 10.7. The highest BCUT2D eigenvalue weighted by molar-refractivity contribution is 7.98. The number of nitrogens with two attached hydrogens (primary N) is 1. The van der Waals surface area contributed by atoms with Crippen molar-refractivity contribution >= 4 is 68.3 Å². The lowest BCUT2D eigenvalue weighted by Crippen LogP contribution is -2.26. The molecule has 5 aromatic rings. The first kappa shape index (κ1) is 33.0. The molecule has 8 nitrogen and oxygen atoms in total. The molecule has 3 aromatic carbocycles. The Hall–Kier alpha value is -3.57. The number of allylic oxidation sites excluding steroid dienone is 2. The van der Waals surface area contributed by atoms with Gasteiger partial charge in [-0.25, -0.2) is 10.6 Å². The second-order valence-corrected chi connectivity index (χ2v) is 15.3. The summed E-state index contributed by atoms with van der Waals surface area (Å²) < 4.78 is 10.3. The molecule has 8 bridgehead atoms. The Kier molecular flexibility index (Phi) is 9.43. The van der Waals surface area contributed by atoms with Gasteiger partial charge in [-0.05, 0) is 78.1 Å². The fourth-order valence-corrected chi connectivity index (χ4v) is 9.35. The Balaban J connectivity index is 1.36. The predicted octanol–water partition coefficient (Wildman–Crippen LogP) is 8.60. The van der Waals surface area contributed by atoms with E-state index in [2.05, 4.69) is 37.3 Å². The van der Waals surface area contributed by atoms with Crippen LogP contribution in [0.4, 0.5) is 0 Å². The molecule has 0 amide bonds. The Morgan fingerprint density at radius 3 is 2.71 bits per heavy atom. The molecule has 250 valence electrons. The molecule has 2 aliphatic heterocycles. The number of carboxylic acid groups (broad SMARTS) is 1. The van der Waals surface area contributed by atoms with Crippen molar-refractivity contribution in [2.75, 3.05) is 18.9 Å². The van der Waals surface area contributed by atoms with Crippen LogP contribution in [0.25, 0.3) is 27.2 Å². The largest absolute Gasteiger partial charge is 0.493 e. The fourth-order valence-electron chi connectivity index (χ4n) is 7.26. The fraction of sp³-hybridized carbons (Fsp3) is 0.351. The first-order valence-corrected chi connectivity index (χ1v) is 18.9. The van der Waals surface area contributed by atoms with Crippen molar-refractivity contribution in [3.05, 3.63) is 93.5 Å². The number of hydrazine groups is 1. The number of thioether (sulfide) groups is 2. The molecule has 3 N–H and O–H groups in total. The Bertz CT molecular complexity index is 2070. The third kappa shape index (κ3) is 6.19. The standard InChI is InChI=1S/C37H40ClN5O3S2/c1-22-12-15-46-32-19-26(17-23-7-4-5-8-27(23)32)48-21-25-18-24(40-42(25)3)20-47-16-13-28(31-9-6-14-43(31)39)34-30(38)11-10-29-33(22)36(37(44)45)41(2)35(29)34/h4-5,7-8,10-11,17-19,22H,6,9,12-16,20-21,39H2,1-3H3,(H,44,45)/b31-28+/t22-/m1/s1. The number of ether oxygens (including phenoxy) is 1. The van der Waals surface area contributed by atoms with E-state index < -0.39 is 5.97 Å².